The molecule has 0 spiro atoms. The largest absolute Gasteiger partial charge is 0.351 e. The predicted molar refractivity (Wildman–Crippen MR) is 96.0 cm³/mol. The molecule has 4 nitrogen and oxygen atoms in total. The number of aromatic amines is 1. The van der Waals surface area contributed by atoms with Crippen molar-refractivity contribution in [2.24, 2.45) is 5.92 Å². The third-order valence-corrected chi connectivity index (χ3v) is 4.25. The molecular weight excluding hydrogens is 310 g/mol. The first-order chi connectivity index (χ1) is 10.8. The number of H-pyrrole nitrogens is 1. The second kappa shape index (κ2) is 8.75. The maximum absolute atomic E-state index is 12.2. The highest BCUT2D eigenvalue weighted by Gasteiger charge is 2.14. The summed E-state index contributed by atoms with van der Waals surface area (Å²) in [4.78, 5) is 15.4. The molecule has 1 aliphatic heterocycles. The lowest BCUT2D eigenvalue weighted by Gasteiger charge is -2.22. The molecule has 3 rings (SSSR count). The molecule has 1 aliphatic rings. The van der Waals surface area contributed by atoms with Gasteiger partial charge in [-0.05, 0) is 56.0 Å². The molecule has 2 aromatic rings. The summed E-state index contributed by atoms with van der Waals surface area (Å²) >= 11 is 0. The Morgan fingerprint density at radius 3 is 2.74 bits per heavy atom. The SMILES string of the molecule is Cl.O=C(NCCC1CCCNC1)c1ccc(-c2ccccc2)[nH]1. The quantitative estimate of drug-likeness (QED) is 0.787. The van der Waals surface area contributed by atoms with Crippen molar-refractivity contribution in [1.29, 1.82) is 0 Å². The molecule has 1 atom stereocenters. The Morgan fingerprint density at radius 2 is 2.00 bits per heavy atom. The molecule has 1 unspecified atom stereocenters. The van der Waals surface area contributed by atoms with E-state index in [1.165, 1.54) is 12.8 Å². The van der Waals surface area contributed by atoms with Gasteiger partial charge in [-0.1, -0.05) is 30.3 Å². The second-order valence-electron chi connectivity index (χ2n) is 5.91. The number of benzene rings is 1. The highest BCUT2D eigenvalue weighted by Crippen LogP contribution is 2.18. The average molecular weight is 334 g/mol. The van der Waals surface area contributed by atoms with Gasteiger partial charge in [0.05, 0.1) is 0 Å². The van der Waals surface area contributed by atoms with Crippen molar-refractivity contribution in [3.05, 3.63) is 48.2 Å². The van der Waals surface area contributed by atoms with Crippen LogP contribution < -0.4 is 10.6 Å². The third-order valence-electron chi connectivity index (χ3n) is 4.25. The first-order valence-corrected chi connectivity index (χ1v) is 8.06. The summed E-state index contributed by atoms with van der Waals surface area (Å²) in [6.45, 7) is 2.95. The van der Waals surface area contributed by atoms with Crippen molar-refractivity contribution in [3.63, 3.8) is 0 Å². The number of carbonyl (C=O) groups is 1. The fourth-order valence-corrected chi connectivity index (χ4v) is 2.97. The smallest absolute Gasteiger partial charge is 0.267 e. The first kappa shape index (κ1) is 17.6. The summed E-state index contributed by atoms with van der Waals surface area (Å²) in [5.74, 6) is 0.670. The van der Waals surface area contributed by atoms with Crippen molar-refractivity contribution in [1.82, 2.24) is 15.6 Å². The number of nitrogens with one attached hydrogen (secondary N) is 3. The molecule has 0 aliphatic carbocycles. The van der Waals surface area contributed by atoms with Crippen LogP contribution in [-0.2, 0) is 0 Å². The van der Waals surface area contributed by atoms with Gasteiger partial charge < -0.3 is 15.6 Å². The number of piperidine rings is 1. The van der Waals surface area contributed by atoms with E-state index in [-0.39, 0.29) is 18.3 Å². The molecule has 1 amide bonds. The Balaban J connectivity index is 0.00000192. The summed E-state index contributed by atoms with van der Waals surface area (Å²) in [6.07, 6.45) is 3.56. The maximum atomic E-state index is 12.2. The molecule has 3 N–H and O–H groups in total. The molecule has 1 fully saturated rings. The monoisotopic (exact) mass is 333 g/mol. The lowest BCUT2D eigenvalue weighted by molar-refractivity contribution is 0.0946. The van der Waals surface area contributed by atoms with Gasteiger partial charge in [-0.15, -0.1) is 12.4 Å². The molecule has 23 heavy (non-hydrogen) atoms. The molecule has 124 valence electrons. The van der Waals surface area contributed by atoms with Crippen LogP contribution in [-0.4, -0.2) is 30.5 Å². The average Bonchev–Trinajstić information content (AvgIpc) is 3.07. The molecule has 1 aromatic carbocycles. The standard InChI is InChI=1S/C18H23N3O.ClH/c22-18(20-12-10-14-5-4-11-19-13-14)17-9-8-16(21-17)15-6-2-1-3-7-15;/h1-3,6-9,14,19,21H,4-5,10-13H2,(H,20,22);1H. The van der Waals surface area contributed by atoms with Gasteiger partial charge in [-0.2, -0.15) is 0 Å². The molecule has 5 heteroatoms. The van der Waals surface area contributed by atoms with Crippen molar-refractivity contribution in [2.75, 3.05) is 19.6 Å². The van der Waals surface area contributed by atoms with Gasteiger partial charge in [0, 0.05) is 12.2 Å². The summed E-state index contributed by atoms with van der Waals surface area (Å²) < 4.78 is 0. The third kappa shape index (κ3) is 4.85. The van der Waals surface area contributed by atoms with Gasteiger partial charge >= 0.3 is 0 Å². The number of amides is 1. The number of hydrogen-bond acceptors (Lipinski definition) is 2. The molecule has 0 bridgehead atoms. The number of hydrogen-bond donors (Lipinski definition) is 3. The van der Waals surface area contributed by atoms with Crippen LogP contribution in [0.5, 0.6) is 0 Å². The van der Waals surface area contributed by atoms with E-state index >= 15 is 0 Å². The normalized spacial score (nSPS) is 17.3. The molecule has 2 heterocycles. The predicted octanol–water partition coefficient (Wildman–Crippen LogP) is 3.22. The van der Waals surface area contributed by atoms with Gasteiger partial charge in [0.15, 0.2) is 0 Å². The van der Waals surface area contributed by atoms with E-state index in [1.54, 1.807) is 0 Å². The van der Waals surface area contributed by atoms with Crippen molar-refractivity contribution < 1.29 is 4.79 Å². The fourth-order valence-electron chi connectivity index (χ4n) is 2.97. The van der Waals surface area contributed by atoms with Gasteiger partial charge in [-0.3, -0.25) is 4.79 Å². The van der Waals surface area contributed by atoms with E-state index in [0.717, 1.165) is 37.3 Å². The Kier molecular flexibility index (Phi) is 6.68. The summed E-state index contributed by atoms with van der Waals surface area (Å²) in [5, 5.41) is 6.42. The Bertz CT molecular complexity index is 606. The topological polar surface area (TPSA) is 56.9 Å². The van der Waals surface area contributed by atoms with E-state index in [9.17, 15) is 4.79 Å². The lowest BCUT2D eigenvalue weighted by Crippen LogP contribution is -2.33. The molecule has 0 radical (unpaired) electrons. The Hall–Kier alpha value is -1.78. The highest BCUT2D eigenvalue weighted by molar-refractivity contribution is 5.93. The van der Waals surface area contributed by atoms with Crippen LogP contribution in [0.3, 0.4) is 0 Å². The summed E-state index contributed by atoms with van der Waals surface area (Å²) in [7, 11) is 0. The lowest BCUT2D eigenvalue weighted by atomic mass is 9.96. The highest BCUT2D eigenvalue weighted by atomic mass is 35.5. The molecule has 1 saturated heterocycles. The van der Waals surface area contributed by atoms with Gasteiger partial charge in [0.2, 0.25) is 0 Å². The number of halogens is 1. The number of rotatable bonds is 5. The van der Waals surface area contributed by atoms with Crippen LogP contribution in [0.1, 0.15) is 29.8 Å². The molecular formula is C18H24ClN3O. The zero-order valence-corrected chi connectivity index (χ0v) is 14.0. The fraction of sp³-hybridized carbons (Fsp3) is 0.389. The first-order valence-electron chi connectivity index (χ1n) is 8.06. The minimum atomic E-state index is -0.0223. The van der Waals surface area contributed by atoms with Crippen molar-refractivity contribution in [3.8, 4) is 11.3 Å². The molecule has 0 saturated carbocycles. The van der Waals surface area contributed by atoms with Gasteiger partial charge in [0.1, 0.15) is 5.69 Å². The number of aromatic nitrogens is 1. The minimum Gasteiger partial charge on any atom is -0.351 e. The van der Waals surface area contributed by atoms with E-state index in [4.69, 9.17) is 0 Å². The Morgan fingerprint density at radius 1 is 1.17 bits per heavy atom. The van der Waals surface area contributed by atoms with Crippen LogP contribution in [0.25, 0.3) is 11.3 Å². The van der Waals surface area contributed by atoms with Gasteiger partial charge in [-0.25, -0.2) is 0 Å². The molecule has 1 aromatic heterocycles. The number of carbonyl (C=O) groups excluding carboxylic acids is 1. The van der Waals surface area contributed by atoms with E-state index in [1.807, 2.05) is 42.5 Å². The van der Waals surface area contributed by atoms with Crippen LogP contribution in [0.2, 0.25) is 0 Å². The van der Waals surface area contributed by atoms with Gasteiger partial charge in [0.25, 0.3) is 5.91 Å². The zero-order valence-electron chi connectivity index (χ0n) is 13.2. The van der Waals surface area contributed by atoms with Crippen LogP contribution in [0.4, 0.5) is 0 Å². The second-order valence-corrected chi connectivity index (χ2v) is 5.91. The Labute approximate surface area is 143 Å². The maximum Gasteiger partial charge on any atom is 0.267 e. The van der Waals surface area contributed by atoms with E-state index in [2.05, 4.69) is 15.6 Å². The van der Waals surface area contributed by atoms with Crippen molar-refractivity contribution in [2.45, 2.75) is 19.3 Å². The zero-order chi connectivity index (χ0) is 15.2. The van der Waals surface area contributed by atoms with E-state index < -0.39 is 0 Å². The summed E-state index contributed by atoms with van der Waals surface area (Å²) in [6, 6.07) is 13.8. The van der Waals surface area contributed by atoms with Crippen LogP contribution in [0, 0.1) is 5.92 Å². The van der Waals surface area contributed by atoms with E-state index in [0.29, 0.717) is 11.6 Å². The minimum absolute atomic E-state index is 0. The van der Waals surface area contributed by atoms with Crippen LogP contribution >= 0.6 is 12.4 Å². The van der Waals surface area contributed by atoms with Crippen LogP contribution in [0.15, 0.2) is 42.5 Å². The summed E-state index contributed by atoms with van der Waals surface area (Å²) in [5.41, 5.74) is 2.69. The van der Waals surface area contributed by atoms with Crippen molar-refractivity contribution >= 4 is 18.3 Å².